The Kier molecular flexibility index (Phi) is 5.37. The van der Waals surface area contributed by atoms with Gasteiger partial charge in [-0.3, -0.25) is 9.69 Å². The van der Waals surface area contributed by atoms with Gasteiger partial charge in [-0.15, -0.1) is 0 Å². The summed E-state index contributed by atoms with van der Waals surface area (Å²) in [6.07, 6.45) is 4.55. The Hall–Kier alpha value is -2.54. The minimum absolute atomic E-state index is 0.0143. The van der Waals surface area contributed by atoms with Gasteiger partial charge in [0.05, 0.1) is 18.6 Å². The van der Waals surface area contributed by atoms with Crippen LogP contribution in [0.15, 0.2) is 47.3 Å². The van der Waals surface area contributed by atoms with Crippen LogP contribution in [0.3, 0.4) is 0 Å². The number of nitriles is 1. The van der Waals surface area contributed by atoms with Crippen molar-refractivity contribution in [1.82, 2.24) is 0 Å². The lowest BCUT2D eigenvalue weighted by atomic mass is 10.1. The molecular weight excluding hydrogens is 276 g/mol. The third kappa shape index (κ3) is 3.98. The average molecular weight is 296 g/mol. The van der Waals surface area contributed by atoms with Gasteiger partial charge in [0.15, 0.2) is 0 Å². The smallest absolute Gasteiger partial charge is 0.227 e. The number of hydrogen-bond acceptors (Lipinski definition) is 3. The van der Waals surface area contributed by atoms with Gasteiger partial charge in [-0.25, -0.2) is 0 Å². The van der Waals surface area contributed by atoms with Gasteiger partial charge in [0.25, 0.3) is 0 Å². The van der Waals surface area contributed by atoms with Crippen LogP contribution in [0.5, 0.6) is 0 Å². The van der Waals surface area contributed by atoms with E-state index < -0.39 is 0 Å². The van der Waals surface area contributed by atoms with Gasteiger partial charge in [-0.05, 0) is 36.1 Å². The van der Waals surface area contributed by atoms with Gasteiger partial charge < -0.3 is 4.42 Å². The Morgan fingerprint density at radius 2 is 2.14 bits per heavy atom. The predicted molar refractivity (Wildman–Crippen MR) is 86.2 cm³/mol. The predicted octanol–water partition coefficient (Wildman–Crippen LogP) is 4.24. The largest absolute Gasteiger partial charge is 0.472 e. The number of rotatable bonds is 6. The summed E-state index contributed by atoms with van der Waals surface area (Å²) < 4.78 is 5.10. The van der Waals surface area contributed by atoms with E-state index in [1.54, 1.807) is 17.4 Å². The Morgan fingerprint density at radius 3 is 2.77 bits per heavy atom. The molecule has 1 aromatic heterocycles. The molecule has 0 aliphatic heterocycles. The van der Waals surface area contributed by atoms with E-state index in [4.69, 9.17) is 9.68 Å². The molecular formula is C18H20N2O2. The molecule has 22 heavy (non-hydrogen) atoms. The van der Waals surface area contributed by atoms with Crippen LogP contribution < -0.4 is 4.90 Å². The maximum atomic E-state index is 12.4. The number of carbonyl (C=O) groups excluding carboxylic acids is 1. The van der Waals surface area contributed by atoms with Crippen LogP contribution >= 0.6 is 0 Å². The highest BCUT2D eigenvalue weighted by atomic mass is 16.3. The zero-order valence-corrected chi connectivity index (χ0v) is 13.0. The number of anilines is 1. The molecule has 0 atom stereocenters. The minimum Gasteiger partial charge on any atom is -0.472 e. The first-order chi connectivity index (χ1) is 10.6. The van der Waals surface area contributed by atoms with E-state index in [0.29, 0.717) is 12.3 Å². The summed E-state index contributed by atoms with van der Waals surface area (Å²) in [5, 5.41) is 9.02. The molecule has 0 fully saturated rings. The Labute approximate surface area is 131 Å². The molecule has 1 heterocycles. The second-order valence-corrected chi connectivity index (χ2v) is 5.63. The highest BCUT2D eigenvalue weighted by Gasteiger charge is 2.16. The molecule has 1 amide bonds. The van der Waals surface area contributed by atoms with Crippen molar-refractivity contribution in [3.8, 4) is 17.2 Å². The monoisotopic (exact) mass is 296 g/mol. The number of furan rings is 1. The third-order valence-electron chi connectivity index (χ3n) is 3.48. The van der Waals surface area contributed by atoms with Crippen LogP contribution in [0.1, 0.15) is 26.7 Å². The van der Waals surface area contributed by atoms with Gasteiger partial charge >= 0.3 is 0 Å². The van der Waals surface area contributed by atoms with Crippen molar-refractivity contribution in [1.29, 1.82) is 5.26 Å². The van der Waals surface area contributed by atoms with Crippen LogP contribution in [-0.2, 0) is 4.79 Å². The molecule has 0 spiro atoms. The third-order valence-corrected chi connectivity index (χ3v) is 3.48. The highest BCUT2D eigenvalue weighted by Crippen LogP contribution is 2.25. The first-order valence-electron chi connectivity index (χ1n) is 7.41. The average Bonchev–Trinajstić information content (AvgIpc) is 3.05. The van der Waals surface area contributed by atoms with E-state index in [1.807, 2.05) is 30.3 Å². The molecule has 0 N–H and O–H groups in total. The lowest BCUT2D eigenvalue weighted by Gasteiger charge is -2.21. The second-order valence-electron chi connectivity index (χ2n) is 5.63. The van der Waals surface area contributed by atoms with Crippen molar-refractivity contribution in [2.75, 3.05) is 11.4 Å². The van der Waals surface area contributed by atoms with Gasteiger partial charge in [0.1, 0.15) is 6.54 Å². The summed E-state index contributed by atoms with van der Waals surface area (Å²) in [6, 6.07) is 11.6. The van der Waals surface area contributed by atoms with Crippen molar-refractivity contribution >= 4 is 11.6 Å². The van der Waals surface area contributed by atoms with Gasteiger partial charge in [0, 0.05) is 17.7 Å². The zero-order chi connectivity index (χ0) is 15.9. The van der Waals surface area contributed by atoms with Crippen molar-refractivity contribution in [3.05, 3.63) is 42.9 Å². The molecule has 4 nitrogen and oxygen atoms in total. The lowest BCUT2D eigenvalue weighted by Crippen LogP contribution is -2.31. The first-order valence-corrected chi connectivity index (χ1v) is 7.41. The molecule has 2 rings (SSSR count). The summed E-state index contributed by atoms with van der Waals surface area (Å²) in [4.78, 5) is 13.9. The van der Waals surface area contributed by atoms with Gasteiger partial charge in [-0.1, -0.05) is 26.0 Å². The molecule has 0 radical (unpaired) electrons. The van der Waals surface area contributed by atoms with Crippen molar-refractivity contribution in [2.24, 2.45) is 5.92 Å². The summed E-state index contributed by atoms with van der Waals surface area (Å²) in [5.41, 5.74) is 2.66. The molecule has 0 saturated carbocycles. The Morgan fingerprint density at radius 1 is 1.32 bits per heavy atom. The van der Waals surface area contributed by atoms with E-state index >= 15 is 0 Å². The normalized spacial score (nSPS) is 10.5. The highest BCUT2D eigenvalue weighted by molar-refractivity contribution is 5.94. The van der Waals surface area contributed by atoms with Crippen LogP contribution in [-0.4, -0.2) is 12.5 Å². The number of carbonyl (C=O) groups is 1. The van der Waals surface area contributed by atoms with E-state index in [1.165, 1.54) is 0 Å². The molecule has 0 aliphatic carbocycles. The standard InChI is InChI=1S/C18H20N2O2/c1-14(2)6-7-18(21)20(10-9-19)17-5-3-4-15(12-17)16-8-11-22-13-16/h3-5,8,11-14H,6-7,10H2,1-2H3. The zero-order valence-electron chi connectivity index (χ0n) is 13.0. The van der Waals surface area contributed by atoms with Crippen molar-refractivity contribution in [2.45, 2.75) is 26.7 Å². The summed E-state index contributed by atoms with van der Waals surface area (Å²) in [7, 11) is 0. The maximum Gasteiger partial charge on any atom is 0.227 e. The van der Waals surface area contributed by atoms with Crippen LogP contribution in [0.4, 0.5) is 5.69 Å². The molecule has 0 unspecified atom stereocenters. The van der Waals surface area contributed by atoms with Crippen LogP contribution in [0, 0.1) is 17.2 Å². The lowest BCUT2D eigenvalue weighted by molar-refractivity contribution is -0.118. The molecule has 114 valence electrons. The molecule has 0 bridgehead atoms. The summed E-state index contributed by atoms with van der Waals surface area (Å²) in [6.45, 7) is 4.23. The van der Waals surface area contributed by atoms with E-state index in [2.05, 4.69) is 19.9 Å². The maximum absolute atomic E-state index is 12.4. The molecule has 2 aromatic rings. The molecule has 0 aliphatic rings. The van der Waals surface area contributed by atoms with Gasteiger partial charge in [0.2, 0.25) is 5.91 Å². The number of hydrogen-bond donors (Lipinski definition) is 0. The number of benzene rings is 1. The van der Waals surface area contributed by atoms with Crippen molar-refractivity contribution in [3.63, 3.8) is 0 Å². The Balaban J connectivity index is 2.23. The van der Waals surface area contributed by atoms with Gasteiger partial charge in [-0.2, -0.15) is 5.26 Å². The Bertz CT molecular complexity index is 654. The van der Waals surface area contributed by atoms with E-state index in [0.717, 1.165) is 23.2 Å². The van der Waals surface area contributed by atoms with E-state index in [-0.39, 0.29) is 12.5 Å². The number of nitrogens with zero attached hydrogens (tertiary/aromatic N) is 2. The second kappa shape index (κ2) is 7.46. The topological polar surface area (TPSA) is 57.2 Å². The summed E-state index contributed by atoms with van der Waals surface area (Å²) >= 11 is 0. The fourth-order valence-corrected chi connectivity index (χ4v) is 2.22. The molecule has 4 heteroatoms. The number of amides is 1. The van der Waals surface area contributed by atoms with E-state index in [9.17, 15) is 4.79 Å². The first kappa shape index (κ1) is 15.8. The van der Waals surface area contributed by atoms with Crippen molar-refractivity contribution < 1.29 is 9.21 Å². The molecule has 1 aromatic carbocycles. The fourth-order valence-electron chi connectivity index (χ4n) is 2.22. The SMILES string of the molecule is CC(C)CCC(=O)N(CC#N)c1cccc(-c2ccoc2)c1. The minimum atomic E-state index is -0.0143. The fraction of sp³-hybridized carbons (Fsp3) is 0.333. The molecule has 0 saturated heterocycles. The summed E-state index contributed by atoms with van der Waals surface area (Å²) in [5.74, 6) is 0.449. The van der Waals surface area contributed by atoms with Crippen LogP contribution in [0.25, 0.3) is 11.1 Å². The quantitative estimate of drug-likeness (QED) is 0.749. The van der Waals surface area contributed by atoms with Crippen LogP contribution in [0.2, 0.25) is 0 Å².